The van der Waals surface area contributed by atoms with Crippen molar-refractivity contribution in [1.29, 1.82) is 0 Å². The summed E-state index contributed by atoms with van der Waals surface area (Å²) in [5.41, 5.74) is 0. The fourth-order valence-corrected chi connectivity index (χ4v) is 3.55. The normalized spacial score (nSPS) is 26.3. The van der Waals surface area contributed by atoms with Crippen molar-refractivity contribution in [3.8, 4) is 0 Å². The number of likely N-dealkylation sites (tertiary alicyclic amines) is 1. The molecule has 1 heterocycles. The van der Waals surface area contributed by atoms with Crippen molar-refractivity contribution in [1.82, 2.24) is 9.80 Å². The van der Waals surface area contributed by atoms with E-state index in [4.69, 9.17) is 0 Å². The molecular formula is C16H30N2O. The van der Waals surface area contributed by atoms with Gasteiger partial charge in [-0.3, -0.25) is 9.69 Å². The van der Waals surface area contributed by atoms with E-state index >= 15 is 0 Å². The van der Waals surface area contributed by atoms with Gasteiger partial charge >= 0.3 is 0 Å². The zero-order valence-electron chi connectivity index (χ0n) is 12.7. The van der Waals surface area contributed by atoms with Crippen LogP contribution in [0.1, 0.15) is 58.3 Å². The minimum absolute atomic E-state index is 0.319. The van der Waals surface area contributed by atoms with Crippen molar-refractivity contribution in [2.45, 2.75) is 64.3 Å². The Hall–Kier alpha value is -0.570. The van der Waals surface area contributed by atoms with Gasteiger partial charge in [-0.25, -0.2) is 0 Å². The molecule has 1 atom stereocenters. The topological polar surface area (TPSA) is 23.6 Å². The van der Waals surface area contributed by atoms with Crippen LogP contribution in [0.2, 0.25) is 0 Å². The van der Waals surface area contributed by atoms with Crippen LogP contribution >= 0.6 is 0 Å². The van der Waals surface area contributed by atoms with Crippen molar-refractivity contribution < 1.29 is 4.79 Å². The molecule has 110 valence electrons. The van der Waals surface area contributed by atoms with E-state index in [0.29, 0.717) is 18.5 Å². The third-order valence-electron chi connectivity index (χ3n) is 4.96. The fourth-order valence-electron chi connectivity index (χ4n) is 3.55. The number of hydrogen-bond acceptors (Lipinski definition) is 2. The zero-order chi connectivity index (χ0) is 13.7. The van der Waals surface area contributed by atoms with Crippen LogP contribution in [0.3, 0.4) is 0 Å². The van der Waals surface area contributed by atoms with Gasteiger partial charge in [-0.2, -0.15) is 0 Å². The van der Waals surface area contributed by atoms with Crippen LogP contribution in [0.5, 0.6) is 0 Å². The molecule has 1 aliphatic carbocycles. The van der Waals surface area contributed by atoms with Crippen LogP contribution in [0, 0.1) is 5.92 Å². The molecule has 3 heteroatoms. The minimum atomic E-state index is 0.319. The van der Waals surface area contributed by atoms with E-state index in [1.165, 1.54) is 51.4 Å². The minimum Gasteiger partial charge on any atom is -0.344 e. The molecule has 2 aliphatic rings. The Bertz CT molecular complexity index is 286. The molecular weight excluding hydrogens is 236 g/mol. The van der Waals surface area contributed by atoms with Crippen molar-refractivity contribution in [3.05, 3.63) is 0 Å². The Morgan fingerprint density at radius 1 is 1.11 bits per heavy atom. The van der Waals surface area contributed by atoms with Gasteiger partial charge in [0.15, 0.2) is 0 Å². The van der Waals surface area contributed by atoms with E-state index in [0.717, 1.165) is 19.0 Å². The summed E-state index contributed by atoms with van der Waals surface area (Å²) in [4.78, 5) is 16.7. The first kappa shape index (κ1) is 14.8. The Balaban J connectivity index is 1.74. The number of nitrogens with zero attached hydrogens (tertiary/aromatic N) is 2. The van der Waals surface area contributed by atoms with Crippen LogP contribution in [-0.4, -0.2) is 48.4 Å². The predicted octanol–water partition coefficient (Wildman–Crippen LogP) is 2.90. The lowest BCUT2D eigenvalue weighted by Crippen LogP contribution is -2.45. The molecule has 2 fully saturated rings. The average Bonchev–Trinajstić information content (AvgIpc) is 2.42. The summed E-state index contributed by atoms with van der Waals surface area (Å²) in [6.07, 6.45) is 10.6. The zero-order valence-corrected chi connectivity index (χ0v) is 12.7. The van der Waals surface area contributed by atoms with Gasteiger partial charge in [0.05, 0.1) is 6.54 Å². The Morgan fingerprint density at radius 2 is 1.79 bits per heavy atom. The summed E-state index contributed by atoms with van der Waals surface area (Å²) in [5.74, 6) is 1.07. The molecule has 1 amide bonds. The van der Waals surface area contributed by atoms with E-state index in [1.807, 2.05) is 11.9 Å². The number of hydrogen-bond donors (Lipinski definition) is 0. The largest absolute Gasteiger partial charge is 0.344 e. The highest BCUT2D eigenvalue weighted by Gasteiger charge is 2.23. The number of rotatable bonds is 4. The molecule has 1 unspecified atom stereocenters. The molecule has 1 saturated heterocycles. The summed E-state index contributed by atoms with van der Waals surface area (Å²) in [6.45, 7) is 4.96. The highest BCUT2D eigenvalue weighted by Crippen LogP contribution is 2.24. The maximum Gasteiger partial charge on any atom is 0.236 e. The van der Waals surface area contributed by atoms with Crippen molar-refractivity contribution in [2.24, 2.45) is 5.92 Å². The summed E-state index contributed by atoms with van der Waals surface area (Å²) in [5, 5.41) is 0. The van der Waals surface area contributed by atoms with Gasteiger partial charge in [0.2, 0.25) is 5.91 Å². The summed E-state index contributed by atoms with van der Waals surface area (Å²) < 4.78 is 0. The molecule has 0 spiro atoms. The Labute approximate surface area is 118 Å². The standard InChI is InChI=1S/C16H30N2O/c1-14-8-6-7-11-18(14)13-16(19)17(2)12-15-9-4-3-5-10-15/h14-15H,3-13H2,1-2H3. The van der Waals surface area contributed by atoms with Crippen LogP contribution in [0.15, 0.2) is 0 Å². The van der Waals surface area contributed by atoms with E-state index in [9.17, 15) is 4.79 Å². The second kappa shape index (κ2) is 7.28. The fraction of sp³-hybridized carbons (Fsp3) is 0.938. The molecule has 0 N–H and O–H groups in total. The molecule has 0 bridgehead atoms. The maximum absolute atomic E-state index is 12.3. The predicted molar refractivity (Wildman–Crippen MR) is 79.1 cm³/mol. The number of amides is 1. The molecule has 19 heavy (non-hydrogen) atoms. The molecule has 0 aromatic carbocycles. The second-order valence-corrected chi connectivity index (χ2v) is 6.59. The van der Waals surface area contributed by atoms with Gasteiger partial charge in [-0.15, -0.1) is 0 Å². The third-order valence-corrected chi connectivity index (χ3v) is 4.96. The first-order chi connectivity index (χ1) is 9.16. The molecule has 1 aliphatic heterocycles. The summed E-state index contributed by atoms with van der Waals surface area (Å²) in [7, 11) is 1.99. The molecule has 0 aromatic rings. The van der Waals surface area contributed by atoms with E-state index in [-0.39, 0.29) is 0 Å². The van der Waals surface area contributed by atoms with Crippen LogP contribution in [0.25, 0.3) is 0 Å². The second-order valence-electron chi connectivity index (χ2n) is 6.59. The number of carbonyl (C=O) groups excluding carboxylic acids is 1. The van der Waals surface area contributed by atoms with Gasteiger partial charge < -0.3 is 4.90 Å². The number of carbonyl (C=O) groups is 1. The summed E-state index contributed by atoms with van der Waals surface area (Å²) >= 11 is 0. The highest BCUT2D eigenvalue weighted by atomic mass is 16.2. The third kappa shape index (κ3) is 4.48. The SMILES string of the molecule is CC1CCCCN1CC(=O)N(C)CC1CCCCC1. The molecule has 3 nitrogen and oxygen atoms in total. The first-order valence-corrected chi connectivity index (χ1v) is 8.15. The van der Waals surface area contributed by atoms with Crippen molar-refractivity contribution in [3.63, 3.8) is 0 Å². The first-order valence-electron chi connectivity index (χ1n) is 8.15. The van der Waals surface area contributed by atoms with Crippen LogP contribution < -0.4 is 0 Å². The average molecular weight is 266 g/mol. The lowest BCUT2D eigenvalue weighted by molar-refractivity contribution is -0.132. The van der Waals surface area contributed by atoms with Gasteiger partial charge in [-0.05, 0) is 45.1 Å². The maximum atomic E-state index is 12.3. The van der Waals surface area contributed by atoms with E-state index in [1.54, 1.807) is 0 Å². The molecule has 2 rings (SSSR count). The quantitative estimate of drug-likeness (QED) is 0.781. The van der Waals surface area contributed by atoms with Crippen molar-refractivity contribution in [2.75, 3.05) is 26.7 Å². The number of piperidine rings is 1. The van der Waals surface area contributed by atoms with Crippen LogP contribution in [0.4, 0.5) is 0 Å². The lowest BCUT2D eigenvalue weighted by Gasteiger charge is -2.34. The van der Waals surface area contributed by atoms with Gasteiger partial charge in [0.25, 0.3) is 0 Å². The van der Waals surface area contributed by atoms with Gasteiger partial charge in [0, 0.05) is 19.6 Å². The number of likely N-dealkylation sites (N-methyl/N-ethyl adjacent to an activating group) is 1. The molecule has 0 radical (unpaired) electrons. The van der Waals surface area contributed by atoms with Gasteiger partial charge in [0.1, 0.15) is 0 Å². The lowest BCUT2D eigenvalue weighted by atomic mass is 9.89. The monoisotopic (exact) mass is 266 g/mol. The summed E-state index contributed by atoms with van der Waals surface area (Å²) in [6, 6.07) is 0.584. The smallest absolute Gasteiger partial charge is 0.236 e. The molecule has 0 aromatic heterocycles. The van der Waals surface area contributed by atoms with E-state index < -0.39 is 0 Å². The van der Waals surface area contributed by atoms with Crippen LogP contribution in [-0.2, 0) is 4.79 Å². The van der Waals surface area contributed by atoms with Crippen molar-refractivity contribution >= 4 is 5.91 Å². The highest BCUT2D eigenvalue weighted by molar-refractivity contribution is 5.78. The Morgan fingerprint density at radius 3 is 2.47 bits per heavy atom. The molecule has 1 saturated carbocycles. The van der Waals surface area contributed by atoms with Gasteiger partial charge in [-0.1, -0.05) is 25.7 Å². The van der Waals surface area contributed by atoms with E-state index in [2.05, 4.69) is 11.8 Å². The Kier molecular flexibility index (Phi) is 5.68.